The lowest BCUT2D eigenvalue weighted by molar-refractivity contribution is 0.220. The predicted octanol–water partition coefficient (Wildman–Crippen LogP) is 3.18. The summed E-state index contributed by atoms with van der Waals surface area (Å²) in [4.78, 5) is 0. The van der Waals surface area contributed by atoms with Crippen LogP contribution >= 0.6 is 11.6 Å². The van der Waals surface area contributed by atoms with Gasteiger partial charge in [-0.3, -0.25) is 0 Å². The van der Waals surface area contributed by atoms with E-state index in [-0.39, 0.29) is 6.61 Å². The first-order chi connectivity index (χ1) is 6.56. The minimum atomic E-state index is -2.48. The van der Waals surface area contributed by atoms with Gasteiger partial charge in [-0.1, -0.05) is 6.58 Å². The number of hydrogen-bond donors (Lipinski definition) is 1. The average molecular weight is 233 g/mol. The molecule has 0 saturated carbocycles. The fourth-order valence-electron chi connectivity index (χ4n) is 0.381. The van der Waals surface area contributed by atoms with Crippen molar-refractivity contribution in [3.63, 3.8) is 0 Å². The van der Waals surface area contributed by atoms with E-state index < -0.39 is 11.4 Å². The zero-order chi connectivity index (χ0) is 11.4. The standard InChI is InChI=1S/C6H12O2.C2ClF3/c1-2-8-6-4-3-5-7;3-1(4)2(5)6/h2,7H,1,3-6H2;. The Morgan fingerprint density at radius 2 is 1.86 bits per heavy atom. The SMILES string of the molecule is C=COCCCCO.FC(F)=C(F)Cl. The van der Waals surface area contributed by atoms with E-state index in [1.165, 1.54) is 6.26 Å². The Hall–Kier alpha value is -0.680. The first kappa shape index (κ1) is 15.8. The summed E-state index contributed by atoms with van der Waals surface area (Å²) in [6.45, 7) is 4.29. The third-order valence-electron chi connectivity index (χ3n) is 0.931. The minimum Gasteiger partial charge on any atom is -0.502 e. The summed E-state index contributed by atoms with van der Waals surface area (Å²) in [5.41, 5.74) is 0. The molecule has 0 unspecified atom stereocenters. The molecule has 0 radical (unpaired) electrons. The van der Waals surface area contributed by atoms with Crippen molar-refractivity contribution in [2.24, 2.45) is 0 Å². The monoisotopic (exact) mass is 232 g/mol. The van der Waals surface area contributed by atoms with Crippen molar-refractivity contribution in [1.29, 1.82) is 0 Å². The number of halogens is 4. The molecule has 0 aromatic rings. The number of rotatable bonds is 5. The van der Waals surface area contributed by atoms with Crippen LogP contribution in [-0.2, 0) is 4.74 Å². The molecule has 1 N–H and O–H groups in total. The molecule has 0 spiro atoms. The summed E-state index contributed by atoms with van der Waals surface area (Å²) in [6.07, 6.45) is 0.657. The van der Waals surface area contributed by atoms with Crippen molar-refractivity contribution in [1.82, 2.24) is 0 Å². The predicted molar refractivity (Wildman–Crippen MR) is 48.7 cm³/mol. The van der Waals surface area contributed by atoms with Gasteiger partial charge < -0.3 is 9.84 Å². The van der Waals surface area contributed by atoms with Crippen LogP contribution in [0.4, 0.5) is 13.2 Å². The Balaban J connectivity index is 0. The van der Waals surface area contributed by atoms with Gasteiger partial charge in [-0.25, -0.2) is 0 Å². The summed E-state index contributed by atoms with van der Waals surface area (Å²) in [7, 11) is 0. The molecular formula is C8H12ClF3O2. The van der Waals surface area contributed by atoms with Crippen molar-refractivity contribution in [3.8, 4) is 0 Å². The first-order valence-electron chi connectivity index (χ1n) is 3.75. The van der Waals surface area contributed by atoms with Gasteiger partial charge >= 0.3 is 6.08 Å². The number of hydrogen-bond acceptors (Lipinski definition) is 2. The lowest BCUT2D eigenvalue weighted by Crippen LogP contribution is -1.89. The van der Waals surface area contributed by atoms with Gasteiger partial charge in [0, 0.05) is 6.61 Å². The van der Waals surface area contributed by atoms with Crippen molar-refractivity contribution >= 4 is 11.6 Å². The van der Waals surface area contributed by atoms with E-state index in [1.807, 2.05) is 0 Å². The fourth-order valence-corrected chi connectivity index (χ4v) is 0.381. The Labute approximate surface area is 85.6 Å². The molecule has 0 aliphatic heterocycles. The van der Waals surface area contributed by atoms with Crippen molar-refractivity contribution in [2.45, 2.75) is 12.8 Å². The largest absolute Gasteiger partial charge is 0.502 e. The molecule has 0 bridgehead atoms. The van der Waals surface area contributed by atoms with Gasteiger partial charge in [-0.05, 0) is 24.4 Å². The van der Waals surface area contributed by atoms with Crippen LogP contribution in [0.2, 0.25) is 0 Å². The Morgan fingerprint density at radius 1 is 1.36 bits per heavy atom. The molecule has 84 valence electrons. The lowest BCUT2D eigenvalue weighted by atomic mass is 10.3. The molecule has 0 heterocycles. The highest BCUT2D eigenvalue weighted by molar-refractivity contribution is 6.28. The number of aliphatic hydroxyl groups excluding tert-OH is 1. The van der Waals surface area contributed by atoms with Crippen LogP contribution in [-0.4, -0.2) is 18.3 Å². The third kappa shape index (κ3) is 17.4. The summed E-state index contributed by atoms with van der Waals surface area (Å²) >= 11 is 4.08. The smallest absolute Gasteiger partial charge is 0.317 e. The molecule has 0 aliphatic carbocycles. The molecule has 0 rings (SSSR count). The molecule has 2 nitrogen and oxygen atoms in total. The zero-order valence-corrected chi connectivity index (χ0v) is 8.24. The van der Waals surface area contributed by atoms with Gasteiger partial charge in [0.15, 0.2) is 0 Å². The third-order valence-corrected chi connectivity index (χ3v) is 1.07. The zero-order valence-electron chi connectivity index (χ0n) is 7.48. The average Bonchev–Trinajstić information content (AvgIpc) is 2.13. The first-order valence-corrected chi connectivity index (χ1v) is 4.13. The van der Waals surface area contributed by atoms with Crippen LogP contribution < -0.4 is 0 Å². The van der Waals surface area contributed by atoms with E-state index >= 15 is 0 Å². The highest BCUT2D eigenvalue weighted by atomic mass is 35.5. The molecule has 0 atom stereocenters. The minimum absolute atomic E-state index is 0.250. The molecule has 0 saturated heterocycles. The van der Waals surface area contributed by atoms with Crippen LogP contribution in [0, 0.1) is 0 Å². The Kier molecular flexibility index (Phi) is 13.9. The molecule has 0 fully saturated rings. The van der Waals surface area contributed by atoms with E-state index in [4.69, 9.17) is 9.84 Å². The highest BCUT2D eigenvalue weighted by Crippen LogP contribution is 2.11. The van der Waals surface area contributed by atoms with Gasteiger partial charge in [0.1, 0.15) is 0 Å². The summed E-state index contributed by atoms with van der Waals surface area (Å²) in [5.74, 6) is 0. The number of aliphatic hydroxyl groups is 1. The normalized spacial score (nSPS) is 8.36. The second-order valence-corrected chi connectivity index (χ2v) is 2.32. The molecular weight excluding hydrogens is 221 g/mol. The second kappa shape index (κ2) is 12.3. The molecule has 6 heteroatoms. The van der Waals surface area contributed by atoms with Gasteiger partial charge in [0.25, 0.3) is 5.29 Å². The van der Waals surface area contributed by atoms with Crippen LogP contribution in [0.15, 0.2) is 24.2 Å². The van der Waals surface area contributed by atoms with E-state index in [1.54, 1.807) is 0 Å². The van der Waals surface area contributed by atoms with Crippen LogP contribution in [0.25, 0.3) is 0 Å². The van der Waals surface area contributed by atoms with Gasteiger partial charge in [0.05, 0.1) is 12.9 Å². The second-order valence-electron chi connectivity index (χ2n) is 1.99. The van der Waals surface area contributed by atoms with Crippen LogP contribution in [0.1, 0.15) is 12.8 Å². The van der Waals surface area contributed by atoms with E-state index in [2.05, 4.69) is 18.2 Å². The topological polar surface area (TPSA) is 29.5 Å². The summed E-state index contributed by atoms with van der Waals surface area (Å²) < 4.78 is 36.6. The maximum absolute atomic E-state index is 10.7. The summed E-state index contributed by atoms with van der Waals surface area (Å²) in [5, 5.41) is 6.35. The molecule has 0 aromatic carbocycles. The maximum Gasteiger partial charge on any atom is 0.317 e. The molecule has 0 aromatic heterocycles. The molecule has 0 amide bonds. The van der Waals surface area contributed by atoms with E-state index in [0.29, 0.717) is 6.61 Å². The Bertz CT molecular complexity index is 156. The fraction of sp³-hybridized carbons (Fsp3) is 0.500. The van der Waals surface area contributed by atoms with Gasteiger partial charge in [-0.15, -0.1) is 0 Å². The quantitative estimate of drug-likeness (QED) is 0.583. The van der Waals surface area contributed by atoms with Gasteiger partial charge in [-0.2, -0.15) is 13.2 Å². The van der Waals surface area contributed by atoms with Crippen LogP contribution in [0.5, 0.6) is 0 Å². The molecule has 0 aliphatic rings. The van der Waals surface area contributed by atoms with Gasteiger partial charge in [0.2, 0.25) is 0 Å². The molecule has 14 heavy (non-hydrogen) atoms. The maximum atomic E-state index is 10.7. The van der Waals surface area contributed by atoms with E-state index in [9.17, 15) is 13.2 Å². The highest BCUT2D eigenvalue weighted by Gasteiger charge is 1.95. The number of unbranched alkanes of at least 4 members (excludes halogenated alkanes) is 1. The lowest BCUT2D eigenvalue weighted by Gasteiger charge is -1.95. The van der Waals surface area contributed by atoms with Crippen molar-refractivity contribution in [2.75, 3.05) is 13.2 Å². The van der Waals surface area contributed by atoms with E-state index in [0.717, 1.165) is 12.8 Å². The number of ether oxygens (including phenoxy) is 1. The Morgan fingerprint density at radius 3 is 2.14 bits per heavy atom. The summed E-state index contributed by atoms with van der Waals surface area (Å²) in [6, 6.07) is 0. The van der Waals surface area contributed by atoms with Crippen molar-refractivity contribution < 1.29 is 23.0 Å². The van der Waals surface area contributed by atoms with Crippen LogP contribution in [0.3, 0.4) is 0 Å². The van der Waals surface area contributed by atoms with Crippen molar-refractivity contribution in [3.05, 3.63) is 24.2 Å².